The number of likely N-dealkylation sites (tertiary alicyclic amines) is 1. The van der Waals surface area contributed by atoms with Gasteiger partial charge in [-0.2, -0.15) is 0 Å². The minimum absolute atomic E-state index is 0.0125. The summed E-state index contributed by atoms with van der Waals surface area (Å²) in [6.07, 6.45) is 5.63. The Labute approximate surface area is 90.4 Å². The number of hydrogen-bond donors (Lipinski definition) is 2. The van der Waals surface area contributed by atoms with Crippen LogP contribution in [-0.2, 0) is 4.79 Å². The van der Waals surface area contributed by atoms with Crippen LogP contribution in [0.25, 0.3) is 0 Å². The quantitative estimate of drug-likeness (QED) is 0.689. The van der Waals surface area contributed by atoms with E-state index in [-0.39, 0.29) is 18.6 Å². The molecule has 1 aliphatic heterocycles. The summed E-state index contributed by atoms with van der Waals surface area (Å²) in [5.41, 5.74) is 5.50. The maximum atomic E-state index is 12.2. The van der Waals surface area contributed by atoms with Crippen LogP contribution < -0.4 is 5.73 Å². The van der Waals surface area contributed by atoms with Crippen LogP contribution in [0.3, 0.4) is 0 Å². The Balaban J connectivity index is 2.06. The zero-order chi connectivity index (χ0) is 10.9. The van der Waals surface area contributed by atoms with E-state index in [1.165, 1.54) is 0 Å². The average Bonchev–Trinajstić information content (AvgIpc) is 2.85. The molecular weight excluding hydrogens is 192 g/mol. The summed E-state index contributed by atoms with van der Waals surface area (Å²) in [6.45, 7) is 0.838. The van der Waals surface area contributed by atoms with Crippen molar-refractivity contribution >= 4 is 5.91 Å². The van der Waals surface area contributed by atoms with Crippen molar-refractivity contribution in [1.82, 2.24) is 4.90 Å². The second-order valence-corrected chi connectivity index (χ2v) is 4.84. The number of hydrogen-bond acceptors (Lipinski definition) is 3. The van der Waals surface area contributed by atoms with Crippen LogP contribution in [0, 0.1) is 0 Å². The maximum Gasteiger partial charge on any atom is 0.242 e. The van der Waals surface area contributed by atoms with Gasteiger partial charge in [-0.25, -0.2) is 0 Å². The van der Waals surface area contributed by atoms with Crippen LogP contribution in [0.15, 0.2) is 0 Å². The van der Waals surface area contributed by atoms with Crippen molar-refractivity contribution in [1.29, 1.82) is 0 Å². The van der Waals surface area contributed by atoms with E-state index >= 15 is 0 Å². The fourth-order valence-corrected chi connectivity index (χ4v) is 2.80. The largest absolute Gasteiger partial charge is 0.394 e. The first kappa shape index (κ1) is 10.9. The number of nitrogens with zero attached hydrogens (tertiary/aromatic N) is 1. The zero-order valence-electron chi connectivity index (χ0n) is 9.11. The zero-order valence-corrected chi connectivity index (χ0v) is 9.11. The molecule has 4 nitrogen and oxygen atoms in total. The van der Waals surface area contributed by atoms with E-state index in [1.54, 1.807) is 4.90 Å². The van der Waals surface area contributed by atoms with Gasteiger partial charge >= 0.3 is 0 Å². The normalized spacial score (nSPS) is 29.7. The van der Waals surface area contributed by atoms with E-state index in [1.807, 2.05) is 0 Å². The number of rotatable bonds is 2. The summed E-state index contributed by atoms with van der Waals surface area (Å²) in [5, 5.41) is 9.18. The first-order chi connectivity index (χ1) is 7.17. The van der Waals surface area contributed by atoms with Crippen LogP contribution in [-0.4, -0.2) is 40.6 Å². The number of aliphatic hydroxyl groups is 1. The van der Waals surface area contributed by atoms with Crippen LogP contribution in [0.1, 0.15) is 38.5 Å². The fraction of sp³-hybridized carbons (Fsp3) is 0.909. The third-order valence-electron chi connectivity index (χ3n) is 3.77. The molecule has 1 aliphatic carbocycles. The lowest BCUT2D eigenvalue weighted by atomic mass is 9.97. The maximum absolute atomic E-state index is 12.2. The molecule has 0 aromatic carbocycles. The van der Waals surface area contributed by atoms with E-state index in [0.29, 0.717) is 0 Å². The second kappa shape index (κ2) is 4.10. The summed E-state index contributed by atoms with van der Waals surface area (Å²) in [7, 11) is 0. The highest BCUT2D eigenvalue weighted by molar-refractivity contribution is 5.87. The minimum Gasteiger partial charge on any atom is -0.394 e. The van der Waals surface area contributed by atoms with Gasteiger partial charge in [-0.1, -0.05) is 12.8 Å². The van der Waals surface area contributed by atoms with E-state index in [4.69, 9.17) is 5.73 Å². The molecule has 0 spiro atoms. The van der Waals surface area contributed by atoms with E-state index in [9.17, 15) is 9.90 Å². The van der Waals surface area contributed by atoms with Gasteiger partial charge in [0.15, 0.2) is 0 Å². The molecule has 2 aliphatic rings. The molecule has 15 heavy (non-hydrogen) atoms. The summed E-state index contributed by atoms with van der Waals surface area (Å²) in [5.74, 6) is 0.0663. The molecule has 0 radical (unpaired) electrons. The van der Waals surface area contributed by atoms with Gasteiger partial charge in [-0.15, -0.1) is 0 Å². The van der Waals surface area contributed by atoms with E-state index < -0.39 is 5.54 Å². The molecule has 1 atom stereocenters. The number of carbonyl (C=O) groups is 1. The van der Waals surface area contributed by atoms with Gasteiger partial charge in [0.2, 0.25) is 5.91 Å². The van der Waals surface area contributed by atoms with Gasteiger partial charge in [0.1, 0.15) is 0 Å². The Morgan fingerprint density at radius 1 is 1.40 bits per heavy atom. The van der Waals surface area contributed by atoms with E-state index in [0.717, 1.165) is 45.1 Å². The van der Waals surface area contributed by atoms with E-state index in [2.05, 4.69) is 0 Å². The molecule has 0 aromatic heterocycles. The molecule has 4 heteroatoms. The van der Waals surface area contributed by atoms with Crippen molar-refractivity contribution in [3.05, 3.63) is 0 Å². The first-order valence-corrected chi connectivity index (χ1v) is 5.88. The van der Waals surface area contributed by atoms with Crippen molar-refractivity contribution in [2.24, 2.45) is 5.73 Å². The molecule has 1 saturated heterocycles. The molecule has 0 unspecified atom stereocenters. The van der Waals surface area contributed by atoms with Gasteiger partial charge < -0.3 is 15.7 Å². The minimum atomic E-state index is -0.627. The Morgan fingerprint density at radius 2 is 2.07 bits per heavy atom. The predicted molar refractivity (Wildman–Crippen MR) is 57.2 cm³/mol. The van der Waals surface area contributed by atoms with Gasteiger partial charge in [0.25, 0.3) is 0 Å². The monoisotopic (exact) mass is 212 g/mol. The molecule has 3 N–H and O–H groups in total. The molecule has 1 heterocycles. The lowest BCUT2D eigenvalue weighted by Gasteiger charge is -2.32. The molecule has 0 bridgehead atoms. The van der Waals surface area contributed by atoms with Gasteiger partial charge in [0, 0.05) is 6.54 Å². The number of aliphatic hydroxyl groups excluding tert-OH is 1. The molecule has 2 rings (SSSR count). The van der Waals surface area contributed by atoms with Crippen molar-refractivity contribution in [3.63, 3.8) is 0 Å². The third kappa shape index (κ3) is 1.88. The highest BCUT2D eigenvalue weighted by Crippen LogP contribution is 2.31. The lowest BCUT2D eigenvalue weighted by molar-refractivity contribution is -0.138. The van der Waals surface area contributed by atoms with Crippen molar-refractivity contribution in [2.45, 2.75) is 50.1 Å². The number of nitrogens with two attached hydrogens (primary N) is 1. The molecule has 1 amide bonds. The highest BCUT2D eigenvalue weighted by Gasteiger charge is 2.42. The first-order valence-electron chi connectivity index (χ1n) is 5.88. The van der Waals surface area contributed by atoms with Crippen LogP contribution in [0.5, 0.6) is 0 Å². The Hall–Kier alpha value is -0.610. The number of carbonyl (C=O) groups excluding carboxylic acids is 1. The SMILES string of the molecule is NC1(C(=O)N2CCC[C@H]2CO)CCCC1. The molecule has 86 valence electrons. The van der Waals surface area contributed by atoms with Crippen LogP contribution >= 0.6 is 0 Å². The molecule has 1 saturated carbocycles. The molecule has 0 aromatic rings. The summed E-state index contributed by atoms with van der Waals surface area (Å²) >= 11 is 0. The Bertz CT molecular complexity index is 249. The molecular formula is C11H20N2O2. The summed E-state index contributed by atoms with van der Waals surface area (Å²) < 4.78 is 0. The predicted octanol–water partition coefficient (Wildman–Crippen LogP) is 0.241. The number of amides is 1. The topological polar surface area (TPSA) is 66.6 Å². The van der Waals surface area contributed by atoms with Crippen molar-refractivity contribution in [3.8, 4) is 0 Å². The lowest BCUT2D eigenvalue weighted by Crippen LogP contribution is -2.55. The smallest absolute Gasteiger partial charge is 0.242 e. The molecule has 2 fully saturated rings. The fourth-order valence-electron chi connectivity index (χ4n) is 2.80. The van der Waals surface area contributed by atoms with Gasteiger partial charge in [-0.3, -0.25) is 4.79 Å². The van der Waals surface area contributed by atoms with Gasteiger partial charge in [-0.05, 0) is 25.7 Å². The second-order valence-electron chi connectivity index (χ2n) is 4.84. The Kier molecular flexibility index (Phi) is 2.98. The van der Waals surface area contributed by atoms with Crippen molar-refractivity contribution < 1.29 is 9.90 Å². The standard InChI is InChI=1S/C11H20N2O2/c12-11(5-1-2-6-11)10(15)13-7-3-4-9(13)8-14/h9,14H,1-8,12H2/t9-/m0/s1. The third-order valence-corrected chi connectivity index (χ3v) is 3.77. The van der Waals surface area contributed by atoms with Crippen LogP contribution in [0.4, 0.5) is 0 Å². The van der Waals surface area contributed by atoms with Crippen LogP contribution in [0.2, 0.25) is 0 Å². The highest BCUT2D eigenvalue weighted by atomic mass is 16.3. The summed E-state index contributed by atoms with van der Waals surface area (Å²) in [4.78, 5) is 14.0. The van der Waals surface area contributed by atoms with Gasteiger partial charge in [0.05, 0.1) is 18.2 Å². The Morgan fingerprint density at radius 3 is 2.67 bits per heavy atom. The summed E-state index contributed by atoms with van der Waals surface area (Å²) in [6, 6.07) is 0.0125. The van der Waals surface area contributed by atoms with Crippen molar-refractivity contribution in [2.75, 3.05) is 13.2 Å². The average molecular weight is 212 g/mol.